The van der Waals surface area contributed by atoms with Crippen LogP contribution in [0.3, 0.4) is 0 Å². The van der Waals surface area contributed by atoms with Crippen LogP contribution in [0, 0.1) is 5.92 Å². The summed E-state index contributed by atoms with van der Waals surface area (Å²) in [7, 11) is -2.01. The van der Waals surface area contributed by atoms with Crippen LogP contribution in [-0.2, 0) is 4.74 Å². The lowest BCUT2D eigenvalue weighted by atomic mass is 9.94. The topological polar surface area (TPSA) is 43.4 Å². The lowest BCUT2D eigenvalue weighted by Crippen LogP contribution is -2.36. The van der Waals surface area contributed by atoms with Gasteiger partial charge in [-0.05, 0) is 36.4 Å². The van der Waals surface area contributed by atoms with Crippen molar-refractivity contribution in [1.82, 2.24) is 0 Å². The van der Waals surface area contributed by atoms with Crippen molar-refractivity contribution < 1.29 is 14.3 Å². The first-order valence-corrected chi connectivity index (χ1v) is 14.1. The highest BCUT2D eigenvalue weighted by Gasteiger charge is 2.46. The SMILES string of the molecule is CC(COC1=CC(=O)c2ccccc2C1=O)C[P+](c1ccccc1)(c1ccccc1)c1ccccc1. The molecule has 3 nitrogen and oxygen atoms in total. The zero-order valence-corrected chi connectivity index (χ0v) is 21.1. The molecule has 36 heavy (non-hydrogen) atoms. The van der Waals surface area contributed by atoms with Gasteiger partial charge in [-0.2, -0.15) is 0 Å². The van der Waals surface area contributed by atoms with E-state index >= 15 is 0 Å². The molecular formula is C32H28O3P+. The quantitative estimate of drug-likeness (QED) is 0.302. The normalized spacial score (nSPS) is 14.1. The first-order valence-electron chi connectivity index (χ1n) is 12.2. The number of allylic oxidation sites excluding steroid dienone is 2. The molecule has 0 saturated heterocycles. The van der Waals surface area contributed by atoms with Crippen LogP contribution in [0.1, 0.15) is 27.6 Å². The average Bonchev–Trinajstić information content (AvgIpc) is 2.94. The fraction of sp³-hybridized carbons (Fsp3) is 0.125. The van der Waals surface area contributed by atoms with Gasteiger partial charge in [-0.25, -0.2) is 0 Å². The van der Waals surface area contributed by atoms with Crippen LogP contribution in [0.5, 0.6) is 0 Å². The Morgan fingerprint density at radius 2 is 1.08 bits per heavy atom. The third-order valence-corrected chi connectivity index (χ3v) is 11.3. The minimum Gasteiger partial charge on any atom is -0.489 e. The lowest BCUT2D eigenvalue weighted by molar-refractivity contribution is 0.0862. The van der Waals surface area contributed by atoms with Crippen LogP contribution in [-0.4, -0.2) is 24.3 Å². The van der Waals surface area contributed by atoms with Gasteiger partial charge in [-0.15, -0.1) is 0 Å². The monoisotopic (exact) mass is 491 g/mol. The van der Waals surface area contributed by atoms with Crippen molar-refractivity contribution in [2.24, 2.45) is 5.92 Å². The summed E-state index contributed by atoms with van der Waals surface area (Å²) >= 11 is 0. The molecule has 0 aromatic heterocycles. The standard InChI is InChI=1S/C32H28O3P/c1-24(22-35-31-21-30(33)28-19-11-12-20-29(28)32(31)34)23-36(25-13-5-2-6-14-25,26-15-7-3-8-16-26)27-17-9-4-10-18-27/h2-21,24H,22-23H2,1H3/q+1. The van der Waals surface area contributed by atoms with Crippen molar-refractivity contribution in [3.8, 4) is 0 Å². The number of carbonyl (C=O) groups is 2. The van der Waals surface area contributed by atoms with Gasteiger partial charge in [0.15, 0.2) is 11.5 Å². The zero-order chi connectivity index (χ0) is 25.0. The molecule has 0 N–H and O–H groups in total. The molecule has 1 aliphatic rings. The van der Waals surface area contributed by atoms with E-state index in [0.717, 1.165) is 6.16 Å². The highest BCUT2D eigenvalue weighted by atomic mass is 31.2. The third-order valence-electron chi connectivity index (χ3n) is 6.62. The molecule has 4 heteroatoms. The molecule has 4 aromatic carbocycles. The number of hydrogen-bond donors (Lipinski definition) is 0. The van der Waals surface area contributed by atoms with Gasteiger partial charge < -0.3 is 4.74 Å². The van der Waals surface area contributed by atoms with E-state index in [9.17, 15) is 9.59 Å². The molecule has 1 unspecified atom stereocenters. The Bertz CT molecular complexity index is 1300. The number of Topliss-reactive ketones (excluding diaryl/α,β-unsaturated/α-hetero) is 1. The van der Waals surface area contributed by atoms with E-state index in [4.69, 9.17) is 4.74 Å². The van der Waals surface area contributed by atoms with E-state index < -0.39 is 7.26 Å². The summed E-state index contributed by atoms with van der Waals surface area (Å²) in [6, 6.07) is 39.0. The Morgan fingerprint density at radius 3 is 1.58 bits per heavy atom. The maximum Gasteiger partial charge on any atom is 0.228 e. The Labute approximate surface area is 212 Å². The summed E-state index contributed by atoms with van der Waals surface area (Å²) in [5, 5.41) is 3.93. The number of fused-ring (bicyclic) bond motifs is 1. The highest BCUT2D eigenvalue weighted by Crippen LogP contribution is 2.56. The molecular weight excluding hydrogens is 463 g/mol. The predicted molar refractivity (Wildman–Crippen MR) is 148 cm³/mol. The molecule has 0 radical (unpaired) electrons. The molecule has 1 aliphatic carbocycles. The minimum absolute atomic E-state index is 0.125. The molecule has 178 valence electrons. The molecule has 4 aromatic rings. The molecule has 5 rings (SSSR count). The van der Waals surface area contributed by atoms with Gasteiger partial charge in [0.2, 0.25) is 5.78 Å². The van der Waals surface area contributed by atoms with Gasteiger partial charge in [0.1, 0.15) is 23.2 Å². The van der Waals surface area contributed by atoms with Crippen molar-refractivity contribution >= 4 is 34.7 Å². The molecule has 0 bridgehead atoms. The first kappa shape index (κ1) is 23.9. The maximum atomic E-state index is 13.0. The van der Waals surface area contributed by atoms with E-state index in [1.807, 2.05) is 0 Å². The Balaban J connectivity index is 1.47. The van der Waals surface area contributed by atoms with Gasteiger partial charge in [-0.1, -0.05) is 85.8 Å². The molecule has 0 heterocycles. The van der Waals surface area contributed by atoms with Crippen LogP contribution in [0.4, 0.5) is 0 Å². The van der Waals surface area contributed by atoms with Crippen LogP contribution < -0.4 is 15.9 Å². The van der Waals surface area contributed by atoms with Crippen LogP contribution in [0.2, 0.25) is 0 Å². The number of ether oxygens (including phenoxy) is 1. The molecule has 0 spiro atoms. The Hall–Kier alpha value is -3.81. The van der Waals surface area contributed by atoms with Gasteiger partial charge in [0.05, 0.1) is 12.8 Å². The van der Waals surface area contributed by atoms with Gasteiger partial charge in [0, 0.05) is 23.1 Å². The van der Waals surface area contributed by atoms with Crippen molar-refractivity contribution in [1.29, 1.82) is 0 Å². The smallest absolute Gasteiger partial charge is 0.228 e. The van der Waals surface area contributed by atoms with Crippen molar-refractivity contribution in [3.05, 3.63) is 138 Å². The summed E-state index contributed by atoms with van der Waals surface area (Å²) in [4.78, 5) is 25.6. The average molecular weight is 492 g/mol. The van der Waals surface area contributed by atoms with E-state index in [0.29, 0.717) is 17.7 Å². The number of hydrogen-bond acceptors (Lipinski definition) is 3. The van der Waals surface area contributed by atoms with Gasteiger partial charge in [-0.3, -0.25) is 9.59 Å². The summed E-state index contributed by atoms with van der Waals surface area (Å²) in [5.41, 5.74) is 0.845. The van der Waals surface area contributed by atoms with Gasteiger partial charge >= 0.3 is 0 Å². The summed E-state index contributed by atoms with van der Waals surface area (Å²) in [5.74, 6) is -0.159. The lowest BCUT2D eigenvalue weighted by Gasteiger charge is -2.30. The van der Waals surface area contributed by atoms with E-state index in [2.05, 4.69) is 97.9 Å². The third kappa shape index (κ3) is 4.55. The fourth-order valence-corrected chi connectivity index (χ4v) is 9.57. The van der Waals surface area contributed by atoms with Crippen molar-refractivity contribution in [3.63, 3.8) is 0 Å². The second kappa shape index (κ2) is 10.4. The molecule has 1 atom stereocenters. The zero-order valence-electron chi connectivity index (χ0n) is 20.2. The number of rotatable bonds is 8. The molecule has 0 aliphatic heterocycles. The summed E-state index contributed by atoms with van der Waals surface area (Å²) in [6.45, 7) is 2.51. The predicted octanol–water partition coefficient (Wildman–Crippen LogP) is 5.60. The Kier molecular flexibility index (Phi) is 6.93. The van der Waals surface area contributed by atoms with Crippen LogP contribution in [0.25, 0.3) is 0 Å². The number of carbonyl (C=O) groups excluding carboxylic acids is 2. The number of ketones is 2. The highest BCUT2D eigenvalue weighted by molar-refractivity contribution is 7.95. The number of benzene rings is 4. The summed E-state index contributed by atoms with van der Waals surface area (Å²) < 4.78 is 6.05. The van der Waals surface area contributed by atoms with Crippen LogP contribution in [0.15, 0.2) is 127 Å². The Morgan fingerprint density at radius 1 is 0.639 bits per heavy atom. The molecule has 0 fully saturated rings. The second-order valence-corrected chi connectivity index (χ2v) is 12.7. The van der Waals surface area contributed by atoms with E-state index in [-0.39, 0.29) is 23.2 Å². The molecule has 0 saturated carbocycles. The fourth-order valence-electron chi connectivity index (χ4n) is 4.96. The molecule has 0 amide bonds. The van der Waals surface area contributed by atoms with Crippen molar-refractivity contribution in [2.45, 2.75) is 6.92 Å². The minimum atomic E-state index is -2.01. The van der Waals surface area contributed by atoms with E-state index in [1.54, 1.807) is 24.3 Å². The first-order chi connectivity index (χ1) is 17.6. The largest absolute Gasteiger partial charge is 0.489 e. The van der Waals surface area contributed by atoms with Gasteiger partial charge in [0.25, 0.3) is 0 Å². The maximum absolute atomic E-state index is 13.0. The summed E-state index contributed by atoms with van der Waals surface area (Å²) in [6.07, 6.45) is 2.21. The van der Waals surface area contributed by atoms with E-state index in [1.165, 1.54) is 22.0 Å². The second-order valence-electron chi connectivity index (χ2n) is 9.16. The van der Waals surface area contributed by atoms with Crippen molar-refractivity contribution in [2.75, 3.05) is 12.8 Å². The van der Waals surface area contributed by atoms with Crippen LogP contribution >= 0.6 is 7.26 Å².